The Morgan fingerprint density at radius 2 is 1.90 bits per heavy atom. The molecule has 0 N–H and O–H groups in total. The van der Waals surface area contributed by atoms with Gasteiger partial charge in [-0.15, -0.1) is 0 Å². The maximum absolute atomic E-state index is 10.8. The summed E-state index contributed by atoms with van der Waals surface area (Å²) in [5, 5.41) is 0.900. The third kappa shape index (κ3) is 3.44. The van der Waals surface area contributed by atoms with Gasteiger partial charge in [0.1, 0.15) is 24.4 Å². The molecule has 0 heterocycles. The van der Waals surface area contributed by atoms with Crippen molar-refractivity contribution >= 4 is 29.5 Å². The van der Waals surface area contributed by atoms with Crippen molar-refractivity contribution in [2.24, 2.45) is 0 Å². The van der Waals surface area contributed by atoms with Crippen LogP contribution in [0, 0.1) is 0 Å². The average molecular weight is 311 g/mol. The zero-order chi connectivity index (χ0) is 14.5. The van der Waals surface area contributed by atoms with Crippen LogP contribution in [0.3, 0.4) is 0 Å². The fourth-order valence-electron chi connectivity index (χ4n) is 1.71. The second kappa shape index (κ2) is 6.64. The van der Waals surface area contributed by atoms with Crippen LogP contribution in [0.2, 0.25) is 10.0 Å². The molecule has 0 radical (unpaired) electrons. The Kier molecular flexibility index (Phi) is 4.88. The Bertz CT molecular complexity index is 627. The summed E-state index contributed by atoms with van der Waals surface area (Å²) in [7, 11) is 1.57. The smallest absolute Gasteiger partial charge is 0.150 e. The van der Waals surface area contributed by atoms with Crippen molar-refractivity contribution in [3.05, 3.63) is 57.6 Å². The number of hydrogen-bond donors (Lipinski definition) is 0. The standard InChI is InChI=1S/C15H12Cl2O3/c1-19-15-5-2-10(8-18)6-11(15)9-20-12-3-4-13(16)14(17)7-12/h2-8H,9H2,1H3. The second-order valence-corrected chi connectivity index (χ2v) is 4.87. The van der Waals surface area contributed by atoms with Crippen molar-refractivity contribution < 1.29 is 14.3 Å². The van der Waals surface area contributed by atoms with Gasteiger partial charge >= 0.3 is 0 Å². The molecule has 0 unspecified atom stereocenters. The predicted octanol–water partition coefficient (Wildman–Crippen LogP) is 4.39. The molecule has 0 bridgehead atoms. The number of aldehydes is 1. The van der Waals surface area contributed by atoms with Crippen LogP contribution >= 0.6 is 23.2 Å². The summed E-state index contributed by atoms with van der Waals surface area (Å²) >= 11 is 11.8. The molecule has 0 amide bonds. The van der Waals surface area contributed by atoms with E-state index in [9.17, 15) is 4.79 Å². The molecule has 0 aliphatic carbocycles. The van der Waals surface area contributed by atoms with Gasteiger partial charge in [0.2, 0.25) is 0 Å². The number of hydrogen-bond acceptors (Lipinski definition) is 3. The van der Waals surface area contributed by atoms with E-state index in [1.54, 1.807) is 43.5 Å². The number of benzene rings is 2. The quantitative estimate of drug-likeness (QED) is 0.768. The molecule has 2 aromatic rings. The summed E-state index contributed by atoms with van der Waals surface area (Å²) in [6, 6.07) is 10.2. The number of methoxy groups -OCH3 is 1. The van der Waals surface area contributed by atoms with Crippen LogP contribution in [0.4, 0.5) is 0 Å². The largest absolute Gasteiger partial charge is 0.496 e. The molecule has 104 valence electrons. The van der Waals surface area contributed by atoms with Crippen LogP contribution in [0.25, 0.3) is 0 Å². The Balaban J connectivity index is 2.17. The molecule has 0 aliphatic heterocycles. The summed E-state index contributed by atoms with van der Waals surface area (Å²) in [4.78, 5) is 10.8. The fourth-order valence-corrected chi connectivity index (χ4v) is 2.00. The summed E-state index contributed by atoms with van der Waals surface area (Å²) < 4.78 is 10.9. The molecule has 20 heavy (non-hydrogen) atoms. The SMILES string of the molecule is COc1ccc(C=O)cc1COc1ccc(Cl)c(Cl)c1. The first-order valence-corrected chi connectivity index (χ1v) is 6.59. The number of carbonyl (C=O) groups excluding carboxylic acids is 1. The lowest BCUT2D eigenvalue weighted by atomic mass is 10.1. The van der Waals surface area contributed by atoms with Crippen LogP contribution in [-0.4, -0.2) is 13.4 Å². The minimum atomic E-state index is 0.267. The molecule has 2 aromatic carbocycles. The Morgan fingerprint density at radius 1 is 1.10 bits per heavy atom. The molecular formula is C15H12Cl2O3. The Morgan fingerprint density at radius 3 is 2.55 bits per heavy atom. The third-order valence-corrected chi connectivity index (χ3v) is 3.46. The van der Waals surface area contributed by atoms with E-state index < -0.39 is 0 Å². The topological polar surface area (TPSA) is 35.5 Å². The maximum Gasteiger partial charge on any atom is 0.150 e. The highest BCUT2D eigenvalue weighted by Crippen LogP contribution is 2.28. The molecule has 5 heteroatoms. The minimum absolute atomic E-state index is 0.267. The zero-order valence-corrected chi connectivity index (χ0v) is 12.2. The average Bonchev–Trinajstić information content (AvgIpc) is 2.48. The zero-order valence-electron chi connectivity index (χ0n) is 10.7. The van der Waals surface area contributed by atoms with E-state index in [-0.39, 0.29) is 6.61 Å². The lowest BCUT2D eigenvalue weighted by Crippen LogP contribution is -2.00. The van der Waals surface area contributed by atoms with Gasteiger partial charge in [0.25, 0.3) is 0 Å². The van der Waals surface area contributed by atoms with Crippen molar-refractivity contribution in [2.45, 2.75) is 6.61 Å². The molecule has 0 saturated heterocycles. The van der Waals surface area contributed by atoms with E-state index >= 15 is 0 Å². The molecule has 0 aromatic heterocycles. The van der Waals surface area contributed by atoms with Gasteiger partial charge in [-0.25, -0.2) is 0 Å². The van der Waals surface area contributed by atoms with E-state index in [4.69, 9.17) is 32.7 Å². The fraction of sp³-hybridized carbons (Fsp3) is 0.133. The van der Waals surface area contributed by atoms with Gasteiger partial charge in [-0.1, -0.05) is 23.2 Å². The monoisotopic (exact) mass is 310 g/mol. The van der Waals surface area contributed by atoms with E-state index in [2.05, 4.69) is 0 Å². The third-order valence-electron chi connectivity index (χ3n) is 2.73. The van der Waals surface area contributed by atoms with Gasteiger partial charge < -0.3 is 9.47 Å². The molecule has 3 nitrogen and oxygen atoms in total. The van der Waals surface area contributed by atoms with E-state index in [1.165, 1.54) is 0 Å². The first-order valence-electron chi connectivity index (χ1n) is 5.84. The highest BCUT2D eigenvalue weighted by Gasteiger charge is 2.06. The van der Waals surface area contributed by atoms with Crippen molar-refractivity contribution in [1.29, 1.82) is 0 Å². The molecular weight excluding hydrogens is 299 g/mol. The van der Waals surface area contributed by atoms with Gasteiger partial charge in [-0.2, -0.15) is 0 Å². The second-order valence-electron chi connectivity index (χ2n) is 4.05. The highest BCUT2D eigenvalue weighted by molar-refractivity contribution is 6.42. The molecule has 0 fully saturated rings. The minimum Gasteiger partial charge on any atom is -0.496 e. The molecule has 0 aliphatic rings. The van der Waals surface area contributed by atoms with Gasteiger partial charge in [0.15, 0.2) is 0 Å². The lowest BCUT2D eigenvalue weighted by Gasteiger charge is -2.11. The Labute approximate surface area is 127 Å². The number of rotatable bonds is 5. The molecule has 2 rings (SSSR count). The molecule has 0 spiro atoms. The normalized spacial score (nSPS) is 10.2. The number of carbonyl (C=O) groups is 1. The summed E-state index contributed by atoms with van der Waals surface area (Å²) in [6.45, 7) is 0.267. The predicted molar refractivity (Wildman–Crippen MR) is 79.2 cm³/mol. The van der Waals surface area contributed by atoms with E-state index in [0.717, 1.165) is 11.8 Å². The summed E-state index contributed by atoms with van der Waals surface area (Å²) in [5.41, 5.74) is 1.35. The van der Waals surface area contributed by atoms with Crippen molar-refractivity contribution in [1.82, 2.24) is 0 Å². The van der Waals surface area contributed by atoms with Gasteiger partial charge in [-0.05, 0) is 30.3 Å². The van der Waals surface area contributed by atoms with Gasteiger partial charge in [0.05, 0.1) is 17.2 Å². The lowest BCUT2D eigenvalue weighted by molar-refractivity contribution is 0.112. The van der Waals surface area contributed by atoms with E-state index in [1.807, 2.05) is 0 Å². The van der Waals surface area contributed by atoms with Crippen molar-refractivity contribution in [3.8, 4) is 11.5 Å². The van der Waals surface area contributed by atoms with Crippen LogP contribution in [-0.2, 0) is 6.61 Å². The summed E-state index contributed by atoms with van der Waals surface area (Å²) in [6.07, 6.45) is 0.780. The van der Waals surface area contributed by atoms with Crippen LogP contribution in [0.15, 0.2) is 36.4 Å². The first kappa shape index (κ1) is 14.7. The Hall–Kier alpha value is -1.71. The highest BCUT2D eigenvalue weighted by atomic mass is 35.5. The van der Waals surface area contributed by atoms with Crippen LogP contribution < -0.4 is 9.47 Å². The van der Waals surface area contributed by atoms with Crippen LogP contribution in [0.5, 0.6) is 11.5 Å². The molecule has 0 atom stereocenters. The van der Waals surface area contributed by atoms with E-state index in [0.29, 0.717) is 27.1 Å². The van der Waals surface area contributed by atoms with Crippen LogP contribution in [0.1, 0.15) is 15.9 Å². The molecule has 0 saturated carbocycles. The first-order chi connectivity index (χ1) is 9.63. The summed E-state index contributed by atoms with van der Waals surface area (Å²) in [5.74, 6) is 1.26. The van der Waals surface area contributed by atoms with Gasteiger partial charge in [0, 0.05) is 17.2 Å². The van der Waals surface area contributed by atoms with Crippen molar-refractivity contribution in [3.63, 3.8) is 0 Å². The van der Waals surface area contributed by atoms with Gasteiger partial charge in [-0.3, -0.25) is 4.79 Å². The number of halogens is 2. The number of ether oxygens (including phenoxy) is 2. The maximum atomic E-state index is 10.8. The van der Waals surface area contributed by atoms with Crippen molar-refractivity contribution in [2.75, 3.05) is 7.11 Å².